The van der Waals surface area contributed by atoms with E-state index >= 15 is 0 Å². The summed E-state index contributed by atoms with van der Waals surface area (Å²) in [7, 11) is 0. The van der Waals surface area contributed by atoms with Crippen LogP contribution in [-0.4, -0.2) is 58.7 Å². The van der Waals surface area contributed by atoms with Crippen molar-refractivity contribution in [2.75, 3.05) is 26.2 Å². The minimum atomic E-state index is -0.374. The van der Waals surface area contributed by atoms with Gasteiger partial charge in [0.25, 0.3) is 0 Å². The SMILES string of the molecule is C/C=C/CCCCCCC(O)CN(CCO)CC(O)CCCCCC/C=C/C. The molecule has 0 aliphatic carbocycles. The smallest absolute Gasteiger partial charge is 0.0667 e. The Balaban J connectivity index is 3.86. The summed E-state index contributed by atoms with van der Waals surface area (Å²) in [6.45, 7) is 5.77. The first-order valence-electron chi connectivity index (χ1n) is 11.6. The van der Waals surface area contributed by atoms with E-state index in [1.54, 1.807) is 0 Å². The largest absolute Gasteiger partial charge is 0.395 e. The zero-order valence-electron chi connectivity index (χ0n) is 18.6. The lowest BCUT2D eigenvalue weighted by molar-refractivity contribution is 0.0519. The maximum Gasteiger partial charge on any atom is 0.0667 e. The van der Waals surface area contributed by atoms with E-state index in [1.165, 1.54) is 25.7 Å². The minimum absolute atomic E-state index is 0.0648. The third-order valence-corrected chi connectivity index (χ3v) is 5.14. The first kappa shape index (κ1) is 27.3. The molecule has 0 amide bonds. The van der Waals surface area contributed by atoms with Crippen molar-refractivity contribution in [1.29, 1.82) is 0 Å². The molecule has 0 aromatic heterocycles. The normalized spacial score (nSPS) is 14.5. The van der Waals surface area contributed by atoms with Gasteiger partial charge in [-0.05, 0) is 52.4 Å². The summed E-state index contributed by atoms with van der Waals surface area (Å²) in [5.74, 6) is 0. The van der Waals surface area contributed by atoms with Crippen LogP contribution in [0.1, 0.15) is 90.9 Å². The molecule has 0 radical (unpaired) electrons. The molecule has 0 aliphatic rings. The Hall–Kier alpha value is -0.680. The third-order valence-electron chi connectivity index (χ3n) is 5.14. The lowest BCUT2D eigenvalue weighted by Crippen LogP contribution is -2.39. The molecule has 166 valence electrons. The molecule has 4 heteroatoms. The molecule has 0 spiro atoms. The van der Waals surface area contributed by atoms with Crippen LogP contribution in [0.15, 0.2) is 24.3 Å². The molecule has 2 unspecified atom stereocenters. The van der Waals surface area contributed by atoms with E-state index in [2.05, 4.69) is 38.2 Å². The lowest BCUT2D eigenvalue weighted by atomic mass is 10.1. The molecule has 28 heavy (non-hydrogen) atoms. The maximum absolute atomic E-state index is 10.3. The fraction of sp³-hybridized carbons (Fsp3) is 0.833. The first-order chi connectivity index (χ1) is 13.6. The molecule has 0 aliphatic heterocycles. The fourth-order valence-corrected chi connectivity index (χ4v) is 3.50. The summed E-state index contributed by atoms with van der Waals surface area (Å²) in [5.41, 5.74) is 0. The van der Waals surface area contributed by atoms with Crippen molar-refractivity contribution in [2.45, 2.75) is 103 Å². The van der Waals surface area contributed by atoms with Crippen LogP contribution in [0.4, 0.5) is 0 Å². The predicted molar refractivity (Wildman–Crippen MR) is 121 cm³/mol. The molecular weight excluding hydrogens is 350 g/mol. The second-order valence-corrected chi connectivity index (χ2v) is 7.91. The van der Waals surface area contributed by atoms with Crippen LogP contribution < -0.4 is 0 Å². The molecule has 0 saturated heterocycles. The number of aliphatic hydroxyl groups is 3. The van der Waals surface area contributed by atoms with Gasteiger partial charge in [0.1, 0.15) is 0 Å². The van der Waals surface area contributed by atoms with Crippen LogP contribution >= 0.6 is 0 Å². The molecule has 0 aromatic carbocycles. The molecule has 0 rings (SSSR count). The Kier molecular flexibility index (Phi) is 20.5. The molecule has 0 fully saturated rings. The average molecular weight is 398 g/mol. The lowest BCUT2D eigenvalue weighted by Gasteiger charge is -2.26. The number of rotatable bonds is 20. The Morgan fingerprint density at radius 1 is 0.679 bits per heavy atom. The van der Waals surface area contributed by atoms with Crippen molar-refractivity contribution in [2.24, 2.45) is 0 Å². The number of allylic oxidation sites excluding steroid dienone is 4. The number of aliphatic hydroxyl groups excluding tert-OH is 3. The molecule has 3 N–H and O–H groups in total. The van der Waals surface area contributed by atoms with Gasteiger partial charge in [0.05, 0.1) is 18.8 Å². The number of hydrogen-bond donors (Lipinski definition) is 3. The summed E-state index contributed by atoms with van der Waals surface area (Å²) >= 11 is 0. The zero-order chi connectivity index (χ0) is 20.9. The van der Waals surface area contributed by atoms with Crippen molar-refractivity contribution in [3.05, 3.63) is 24.3 Å². The number of hydrogen-bond acceptors (Lipinski definition) is 4. The maximum atomic E-state index is 10.3. The van der Waals surface area contributed by atoms with E-state index < -0.39 is 0 Å². The van der Waals surface area contributed by atoms with Gasteiger partial charge in [-0.3, -0.25) is 4.90 Å². The highest BCUT2D eigenvalue weighted by Crippen LogP contribution is 2.11. The Bertz CT molecular complexity index is 339. The standard InChI is InChI=1S/C24H47NO3/c1-3-5-7-9-11-13-15-17-23(27)21-25(19-20-26)22-24(28)18-16-14-12-10-8-6-4-2/h3-6,23-24,26-28H,7-22H2,1-2H3/b5-3+,6-4+. The van der Waals surface area contributed by atoms with Gasteiger partial charge >= 0.3 is 0 Å². The van der Waals surface area contributed by atoms with E-state index in [0.29, 0.717) is 19.6 Å². The topological polar surface area (TPSA) is 63.9 Å². The summed E-state index contributed by atoms with van der Waals surface area (Å²) in [6.07, 6.45) is 21.0. The third kappa shape index (κ3) is 18.7. The van der Waals surface area contributed by atoms with Crippen LogP contribution in [0.25, 0.3) is 0 Å². The van der Waals surface area contributed by atoms with Crippen LogP contribution in [0.5, 0.6) is 0 Å². The second-order valence-electron chi connectivity index (χ2n) is 7.91. The first-order valence-corrected chi connectivity index (χ1v) is 11.6. The molecule has 0 saturated carbocycles. The van der Waals surface area contributed by atoms with Gasteiger partial charge in [-0.25, -0.2) is 0 Å². The van der Waals surface area contributed by atoms with E-state index in [1.807, 2.05) is 4.90 Å². The highest BCUT2D eigenvalue weighted by atomic mass is 16.3. The van der Waals surface area contributed by atoms with E-state index in [9.17, 15) is 15.3 Å². The quantitative estimate of drug-likeness (QED) is 0.203. The summed E-state index contributed by atoms with van der Waals surface area (Å²) < 4.78 is 0. The molecule has 4 nitrogen and oxygen atoms in total. The summed E-state index contributed by atoms with van der Waals surface area (Å²) in [5, 5.41) is 29.9. The molecular formula is C24H47NO3. The van der Waals surface area contributed by atoms with Gasteiger partial charge < -0.3 is 15.3 Å². The van der Waals surface area contributed by atoms with E-state index in [0.717, 1.165) is 51.4 Å². The fourth-order valence-electron chi connectivity index (χ4n) is 3.50. The van der Waals surface area contributed by atoms with E-state index in [4.69, 9.17) is 0 Å². The van der Waals surface area contributed by atoms with Crippen LogP contribution in [0.3, 0.4) is 0 Å². The molecule has 2 atom stereocenters. The van der Waals surface area contributed by atoms with Gasteiger partial charge in [-0.15, -0.1) is 0 Å². The van der Waals surface area contributed by atoms with Crippen molar-refractivity contribution < 1.29 is 15.3 Å². The minimum Gasteiger partial charge on any atom is -0.395 e. The molecule has 0 heterocycles. The summed E-state index contributed by atoms with van der Waals surface area (Å²) in [6, 6.07) is 0. The molecule has 0 bridgehead atoms. The number of nitrogens with zero attached hydrogens (tertiary/aromatic N) is 1. The second kappa shape index (κ2) is 21.0. The monoisotopic (exact) mass is 397 g/mol. The van der Waals surface area contributed by atoms with Gasteiger partial charge in [-0.1, -0.05) is 62.8 Å². The van der Waals surface area contributed by atoms with Crippen LogP contribution in [-0.2, 0) is 0 Å². The predicted octanol–water partition coefficient (Wildman–Crippen LogP) is 4.84. The van der Waals surface area contributed by atoms with Crippen molar-refractivity contribution >= 4 is 0 Å². The van der Waals surface area contributed by atoms with Crippen molar-refractivity contribution in [3.8, 4) is 0 Å². The van der Waals surface area contributed by atoms with E-state index in [-0.39, 0.29) is 18.8 Å². The van der Waals surface area contributed by atoms with Crippen LogP contribution in [0, 0.1) is 0 Å². The highest BCUT2D eigenvalue weighted by Gasteiger charge is 2.15. The van der Waals surface area contributed by atoms with Gasteiger partial charge in [0.2, 0.25) is 0 Å². The highest BCUT2D eigenvalue weighted by molar-refractivity contribution is 4.77. The zero-order valence-corrected chi connectivity index (χ0v) is 18.6. The van der Waals surface area contributed by atoms with Crippen molar-refractivity contribution in [1.82, 2.24) is 4.90 Å². The van der Waals surface area contributed by atoms with Gasteiger partial charge in [0.15, 0.2) is 0 Å². The number of unbranched alkanes of at least 4 members (excludes halogenated alkanes) is 8. The molecule has 0 aromatic rings. The van der Waals surface area contributed by atoms with Crippen LogP contribution in [0.2, 0.25) is 0 Å². The van der Waals surface area contributed by atoms with Crippen molar-refractivity contribution in [3.63, 3.8) is 0 Å². The Morgan fingerprint density at radius 3 is 1.50 bits per heavy atom. The summed E-state index contributed by atoms with van der Waals surface area (Å²) in [4.78, 5) is 2.01. The van der Waals surface area contributed by atoms with Gasteiger partial charge in [0, 0.05) is 19.6 Å². The van der Waals surface area contributed by atoms with Gasteiger partial charge in [-0.2, -0.15) is 0 Å². The Labute approximate surface area is 174 Å². The average Bonchev–Trinajstić information content (AvgIpc) is 2.66. The Morgan fingerprint density at radius 2 is 1.11 bits per heavy atom.